The molecule has 28 heavy (non-hydrogen) atoms. The fourth-order valence-corrected chi connectivity index (χ4v) is 4.80. The van der Waals surface area contributed by atoms with E-state index >= 15 is 0 Å². The van der Waals surface area contributed by atoms with Crippen molar-refractivity contribution in [2.75, 3.05) is 18.8 Å². The zero-order valence-electron chi connectivity index (χ0n) is 16.8. The standard InChI is InChI=1S/C20H28F3NO3S/c1-14-11-16(5-6-17(14)20(21,22)23)12-18(25)24-9-7-15(8-10-24)13-28(26,27)19(2,3)4/h5-6,11,15H,7-10,12-13H2,1-4H3. The van der Waals surface area contributed by atoms with E-state index in [9.17, 15) is 26.4 Å². The number of sulfone groups is 1. The van der Waals surface area contributed by atoms with Gasteiger partial charge >= 0.3 is 6.18 Å². The summed E-state index contributed by atoms with van der Waals surface area (Å²) in [6.07, 6.45) is -3.12. The normalized spacial score (nSPS) is 17.0. The topological polar surface area (TPSA) is 54.5 Å². The molecule has 0 aromatic heterocycles. The van der Waals surface area contributed by atoms with Crippen molar-refractivity contribution < 1.29 is 26.4 Å². The van der Waals surface area contributed by atoms with Crippen molar-refractivity contribution in [2.24, 2.45) is 5.92 Å². The van der Waals surface area contributed by atoms with Gasteiger partial charge in [0.2, 0.25) is 5.91 Å². The van der Waals surface area contributed by atoms with Crippen LogP contribution in [0.3, 0.4) is 0 Å². The second-order valence-corrected chi connectivity index (χ2v) is 11.3. The van der Waals surface area contributed by atoms with Gasteiger partial charge in [0.05, 0.1) is 22.5 Å². The number of carbonyl (C=O) groups excluding carboxylic acids is 1. The molecule has 0 atom stereocenters. The molecular weight excluding hydrogens is 391 g/mol. The lowest BCUT2D eigenvalue weighted by Gasteiger charge is -2.33. The molecule has 0 spiro atoms. The predicted octanol–water partition coefficient (Wildman–Crippen LogP) is 4.01. The summed E-state index contributed by atoms with van der Waals surface area (Å²) in [6, 6.07) is 3.77. The molecule has 0 bridgehead atoms. The zero-order chi connectivity index (χ0) is 21.3. The molecule has 158 valence electrons. The Hall–Kier alpha value is -1.57. The summed E-state index contributed by atoms with van der Waals surface area (Å²) in [5.41, 5.74) is -0.0404. The number of likely N-dealkylation sites (tertiary alicyclic amines) is 1. The molecule has 0 N–H and O–H groups in total. The van der Waals surface area contributed by atoms with Gasteiger partial charge in [-0.05, 0) is 63.6 Å². The highest BCUT2D eigenvalue weighted by atomic mass is 32.2. The van der Waals surface area contributed by atoms with Crippen molar-refractivity contribution in [3.63, 3.8) is 0 Å². The van der Waals surface area contributed by atoms with Gasteiger partial charge in [0.1, 0.15) is 0 Å². The van der Waals surface area contributed by atoms with Gasteiger partial charge in [0, 0.05) is 13.1 Å². The third-order valence-corrected chi connectivity index (χ3v) is 8.08. The number of alkyl halides is 3. The van der Waals surface area contributed by atoms with Crippen LogP contribution in [0.25, 0.3) is 0 Å². The van der Waals surface area contributed by atoms with Gasteiger partial charge in [-0.2, -0.15) is 13.2 Å². The van der Waals surface area contributed by atoms with Crippen molar-refractivity contribution in [3.8, 4) is 0 Å². The summed E-state index contributed by atoms with van der Waals surface area (Å²) in [5.74, 6) is 0.00858. The molecule has 0 radical (unpaired) electrons. The largest absolute Gasteiger partial charge is 0.416 e. The van der Waals surface area contributed by atoms with Gasteiger partial charge in [0.25, 0.3) is 0 Å². The lowest BCUT2D eigenvalue weighted by atomic mass is 9.98. The highest BCUT2D eigenvalue weighted by Gasteiger charge is 2.34. The molecule has 1 saturated heterocycles. The number of rotatable bonds is 4. The summed E-state index contributed by atoms with van der Waals surface area (Å²) < 4.78 is 62.4. The Morgan fingerprint density at radius 1 is 1.14 bits per heavy atom. The van der Waals surface area contributed by atoms with Crippen LogP contribution in [0.1, 0.15) is 50.3 Å². The lowest BCUT2D eigenvalue weighted by molar-refractivity contribution is -0.138. The first kappa shape index (κ1) is 22.7. The Balaban J connectivity index is 1.93. The van der Waals surface area contributed by atoms with Crippen molar-refractivity contribution in [2.45, 2.75) is 57.9 Å². The van der Waals surface area contributed by atoms with Crippen LogP contribution >= 0.6 is 0 Å². The number of carbonyl (C=O) groups is 1. The van der Waals surface area contributed by atoms with Crippen LogP contribution in [0.2, 0.25) is 0 Å². The molecule has 0 aliphatic carbocycles. The molecule has 8 heteroatoms. The Morgan fingerprint density at radius 2 is 1.71 bits per heavy atom. The van der Waals surface area contributed by atoms with Crippen LogP contribution in [0.5, 0.6) is 0 Å². The number of amides is 1. The third-order valence-electron chi connectivity index (χ3n) is 5.31. The Bertz CT molecular complexity index is 818. The highest BCUT2D eigenvalue weighted by molar-refractivity contribution is 7.92. The molecule has 1 aromatic rings. The van der Waals surface area contributed by atoms with Crippen molar-refractivity contribution in [1.82, 2.24) is 4.90 Å². The number of nitrogens with zero attached hydrogens (tertiary/aromatic N) is 1. The maximum atomic E-state index is 12.8. The van der Waals surface area contributed by atoms with Crippen molar-refractivity contribution in [3.05, 3.63) is 34.9 Å². The quantitative estimate of drug-likeness (QED) is 0.741. The SMILES string of the molecule is Cc1cc(CC(=O)N2CCC(CS(=O)(=O)C(C)(C)C)CC2)ccc1C(F)(F)F. The van der Waals surface area contributed by atoms with Gasteiger partial charge in [-0.25, -0.2) is 8.42 Å². The highest BCUT2D eigenvalue weighted by Crippen LogP contribution is 2.32. The van der Waals surface area contributed by atoms with E-state index in [0.717, 1.165) is 6.07 Å². The molecular formula is C20H28F3NO3S. The molecule has 2 rings (SSSR count). The maximum Gasteiger partial charge on any atom is 0.416 e. The lowest BCUT2D eigenvalue weighted by Crippen LogP contribution is -2.42. The Labute approximate surface area is 165 Å². The van der Waals surface area contributed by atoms with Gasteiger partial charge in [-0.3, -0.25) is 4.79 Å². The van der Waals surface area contributed by atoms with Crippen molar-refractivity contribution in [1.29, 1.82) is 0 Å². The van der Waals surface area contributed by atoms with E-state index in [1.807, 2.05) is 0 Å². The van der Waals surface area contributed by atoms with E-state index < -0.39 is 26.3 Å². The second-order valence-electron chi connectivity index (χ2n) is 8.54. The van der Waals surface area contributed by atoms with Gasteiger partial charge in [0.15, 0.2) is 9.84 Å². The fourth-order valence-electron chi connectivity index (χ4n) is 3.35. The first-order valence-corrected chi connectivity index (χ1v) is 11.0. The Morgan fingerprint density at radius 3 is 2.18 bits per heavy atom. The minimum absolute atomic E-state index is 0.0292. The van der Waals surface area contributed by atoms with Gasteiger partial charge in [-0.1, -0.05) is 12.1 Å². The first-order chi connectivity index (χ1) is 12.7. The summed E-state index contributed by atoms with van der Waals surface area (Å²) in [7, 11) is -3.20. The average Bonchev–Trinajstić information content (AvgIpc) is 2.52. The van der Waals surface area contributed by atoms with Crippen LogP contribution in [-0.4, -0.2) is 42.8 Å². The number of hydrogen-bond donors (Lipinski definition) is 0. The second kappa shape index (κ2) is 8.05. The summed E-state index contributed by atoms with van der Waals surface area (Å²) in [4.78, 5) is 14.2. The van der Waals surface area contributed by atoms with Crippen molar-refractivity contribution >= 4 is 15.7 Å². The van der Waals surface area contributed by atoms with Crippen LogP contribution in [-0.2, 0) is 27.2 Å². The first-order valence-electron chi connectivity index (χ1n) is 9.37. The maximum absolute atomic E-state index is 12.8. The number of aryl methyl sites for hydroxylation is 1. The number of piperidine rings is 1. The predicted molar refractivity (Wildman–Crippen MR) is 103 cm³/mol. The van der Waals surface area contributed by atoms with E-state index in [2.05, 4.69) is 0 Å². The number of benzene rings is 1. The Kier molecular flexibility index (Phi) is 6.53. The van der Waals surface area contributed by atoms with Gasteiger partial charge in [-0.15, -0.1) is 0 Å². The number of hydrogen-bond acceptors (Lipinski definition) is 3. The number of halogens is 3. The van der Waals surface area contributed by atoms with Crippen LogP contribution in [0.4, 0.5) is 13.2 Å². The third kappa shape index (κ3) is 5.49. The van der Waals surface area contributed by atoms with E-state index in [4.69, 9.17) is 0 Å². The van der Waals surface area contributed by atoms with Crippen LogP contribution in [0.15, 0.2) is 18.2 Å². The minimum atomic E-state index is -4.40. The summed E-state index contributed by atoms with van der Waals surface area (Å²) in [6.45, 7) is 7.40. The molecule has 4 nitrogen and oxygen atoms in total. The van der Waals surface area contributed by atoms with E-state index in [-0.39, 0.29) is 29.6 Å². The average molecular weight is 420 g/mol. The molecule has 1 aliphatic heterocycles. The van der Waals surface area contributed by atoms with Crippen LogP contribution in [0, 0.1) is 12.8 Å². The smallest absolute Gasteiger partial charge is 0.342 e. The van der Waals surface area contributed by atoms with Gasteiger partial charge < -0.3 is 4.90 Å². The zero-order valence-corrected chi connectivity index (χ0v) is 17.6. The summed E-state index contributed by atoms with van der Waals surface area (Å²) in [5, 5.41) is 0. The minimum Gasteiger partial charge on any atom is -0.342 e. The summed E-state index contributed by atoms with van der Waals surface area (Å²) >= 11 is 0. The monoisotopic (exact) mass is 419 g/mol. The molecule has 0 saturated carbocycles. The molecule has 1 aromatic carbocycles. The fraction of sp³-hybridized carbons (Fsp3) is 0.650. The molecule has 1 heterocycles. The van der Waals surface area contributed by atoms with E-state index in [1.165, 1.54) is 19.1 Å². The molecule has 1 fully saturated rings. The van der Waals surface area contributed by atoms with E-state index in [1.54, 1.807) is 25.7 Å². The molecule has 1 amide bonds. The van der Waals surface area contributed by atoms with Crippen LogP contribution < -0.4 is 0 Å². The molecule has 0 unspecified atom stereocenters. The van der Waals surface area contributed by atoms with E-state index in [0.29, 0.717) is 31.5 Å². The molecule has 1 aliphatic rings.